The Labute approximate surface area is 226 Å². The molecule has 0 radical (unpaired) electrons. The molecule has 7 heteroatoms. The van der Waals surface area contributed by atoms with Gasteiger partial charge >= 0.3 is 0 Å². The highest BCUT2D eigenvalue weighted by Gasteiger charge is 2.20. The summed E-state index contributed by atoms with van der Waals surface area (Å²) in [6, 6.07) is 13.0. The topological polar surface area (TPSA) is 41.0 Å². The number of fused-ring (bicyclic) bond motifs is 1. The highest BCUT2D eigenvalue weighted by atomic mass is 19.1. The second-order valence-electron chi connectivity index (χ2n) is 10.3. The molecule has 0 saturated carbocycles. The minimum absolute atomic E-state index is 0.0528. The van der Waals surface area contributed by atoms with E-state index in [-0.39, 0.29) is 11.7 Å². The maximum atomic E-state index is 13.1. The number of ether oxygens (including phenoxy) is 1. The van der Waals surface area contributed by atoms with Crippen LogP contribution in [0.1, 0.15) is 30.2 Å². The fourth-order valence-corrected chi connectivity index (χ4v) is 5.18. The van der Waals surface area contributed by atoms with Crippen LogP contribution in [0.15, 0.2) is 48.5 Å². The molecule has 6 nitrogen and oxygen atoms in total. The van der Waals surface area contributed by atoms with Crippen molar-refractivity contribution < 1.29 is 13.9 Å². The van der Waals surface area contributed by atoms with Gasteiger partial charge in [0.2, 0.25) is 5.91 Å². The Kier molecular flexibility index (Phi) is 9.58. The van der Waals surface area contributed by atoms with Gasteiger partial charge in [-0.1, -0.05) is 12.1 Å². The summed E-state index contributed by atoms with van der Waals surface area (Å²) in [6.07, 6.45) is 5.65. The zero-order valence-corrected chi connectivity index (χ0v) is 23.3. The minimum atomic E-state index is -0.201. The van der Waals surface area contributed by atoms with E-state index in [0.717, 1.165) is 67.8 Å². The molecular weight excluding hydrogens is 479 g/mol. The summed E-state index contributed by atoms with van der Waals surface area (Å²) in [6.45, 7) is 10.7. The van der Waals surface area contributed by atoms with Crippen LogP contribution >= 0.6 is 0 Å². The van der Waals surface area contributed by atoms with Crippen LogP contribution in [-0.4, -0.2) is 85.1 Å². The van der Waals surface area contributed by atoms with Gasteiger partial charge in [-0.2, -0.15) is 0 Å². The largest absolute Gasteiger partial charge is 0.494 e. The number of aryl methyl sites for hydroxylation is 1. The summed E-state index contributed by atoms with van der Waals surface area (Å²) in [4.78, 5) is 19.6. The van der Waals surface area contributed by atoms with Crippen LogP contribution in [0, 0.1) is 12.7 Å². The van der Waals surface area contributed by atoms with E-state index in [0.29, 0.717) is 19.7 Å². The van der Waals surface area contributed by atoms with Gasteiger partial charge < -0.3 is 19.1 Å². The molecule has 0 aliphatic carbocycles. The van der Waals surface area contributed by atoms with E-state index in [9.17, 15) is 9.18 Å². The van der Waals surface area contributed by atoms with Gasteiger partial charge in [-0.25, -0.2) is 4.39 Å². The number of aromatic nitrogens is 1. The molecule has 1 saturated heterocycles. The molecule has 1 aliphatic heterocycles. The quantitative estimate of drug-likeness (QED) is 0.340. The lowest BCUT2D eigenvalue weighted by Gasteiger charge is -2.34. The summed E-state index contributed by atoms with van der Waals surface area (Å²) in [7, 11) is 4.19. The predicted octanol–water partition coefficient (Wildman–Crippen LogP) is 4.84. The average molecular weight is 521 g/mol. The number of hydrogen-bond acceptors (Lipinski definition) is 4. The number of hydrogen-bond donors (Lipinski definition) is 0. The Hall–Kier alpha value is -3.16. The molecule has 1 aromatic heterocycles. The number of benzene rings is 2. The molecule has 3 aromatic rings. The summed E-state index contributed by atoms with van der Waals surface area (Å²) in [5.74, 6) is 0.702. The van der Waals surface area contributed by atoms with E-state index < -0.39 is 0 Å². The zero-order chi connectivity index (χ0) is 27.1. The molecule has 204 valence electrons. The maximum absolute atomic E-state index is 13.1. The maximum Gasteiger partial charge on any atom is 0.246 e. The molecule has 38 heavy (non-hydrogen) atoms. The number of amides is 1. The van der Waals surface area contributed by atoms with Gasteiger partial charge in [0.15, 0.2) is 0 Å². The number of carbonyl (C=O) groups excluding carboxylic acids is 1. The van der Waals surface area contributed by atoms with Crippen molar-refractivity contribution in [3.8, 4) is 5.75 Å². The van der Waals surface area contributed by atoms with Crippen LogP contribution in [-0.2, 0) is 17.8 Å². The first kappa shape index (κ1) is 27.9. The van der Waals surface area contributed by atoms with Crippen LogP contribution in [0.4, 0.5) is 4.39 Å². The van der Waals surface area contributed by atoms with Crippen molar-refractivity contribution in [1.82, 2.24) is 19.3 Å². The van der Waals surface area contributed by atoms with Gasteiger partial charge in [-0.05, 0) is 89.3 Å². The van der Waals surface area contributed by atoms with Crippen molar-refractivity contribution in [3.05, 3.63) is 71.2 Å². The van der Waals surface area contributed by atoms with Crippen molar-refractivity contribution in [3.63, 3.8) is 0 Å². The monoisotopic (exact) mass is 520 g/mol. The summed E-state index contributed by atoms with van der Waals surface area (Å²) < 4.78 is 21.3. The molecule has 0 spiro atoms. The molecule has 1 aliphatic rings. The first-order valence-electron chi connectivity index (χ1n) is 13.7. The fourth-order valence-electron chi connectivity index (χ4n) is 5.18. The molecule has 0 bridgehead atoms. The van der Waals surface area contributed by atoms with Gasteiger partial charge in [0.1, 0.15) is 11.6 Å². The first-order valence-corrected chi connectivity index (χ1v) is 13.7. The number of nitrogens with zero attached hydrogens (tertiary/aromatic N) is 4. The third-order valence-corrected chi connectivity index (χ3v) is 7.35. The van der Waals surface area contributed by atoms with Gasteiger partial charge in [0, 0.05) is 67.5 Å². The van der Waals surface area contributed by atoms with E-state index in [1.165, 1.54) is 23.3 Å². The highest BCUT2D eigenvalue weighted by Crippen LogP contribution is 2.31. The molecule has 0 N–H and O–H groups in total. The molecule has 2 heterocycles. The lowest BCUT2D eigenvalue weighted by Crippen LogP contribution is -2.48. The molecule has 2 aromatic carbocycles. The average Bonchev–Trinajstić information content (AvgIpc) is 3.17. The van der Waals surface area contributed by atoms with Crippen LogP contribution in [0.2, 0.25) is 0 Å². The second kappa shape index (κ2) is 13.1. The minimum Gasteiger partial charge on any atom is -0.494 e. The standard InChI is InChI=1S/C31H41FN4O2/c1-5-38-27-11-13-30-29(23-27)28(24(2)36(30)17-6-16-33(3)4)12-14-31(37)35-21-19-34(20-22-35)18-15-25-7-9-26(32)10-8-25/h7-14,23H,5-6,15-22H2,1-4H3. The van der Waals surface area contributed by atoms with Gasteiger partial charge in [0.25, 0.3) is 0 Å². The van der Waals surface area contributed by atoms with E-state index in [4.69, 9.17) is 4.74 Å². The number of carbonyl (C=O) groups is 1. The Bertz CT molecular complexity index is 1240. The summed E-state index contributed by atoms with van der Waals surface area (Å²) in [5.41, 5.74) is 4.56. The third-order valence-electron chi connectivity index (χ3n) is 7.35. The Morgan fingerprint density at radius 3 is 2.47 bits per heavy atom. The van der Waals surface area contributed by atoms with Crippen LogP contribution in [0.3, 0.4) is 0 Å². The normalized spacial score (nSPS) is 14.7. The predicted molar refractivity (Wildman–Crippen MR) is 153 cm³/mol. The van der Waals surface area contributed by atoms with E-state index in [1.807, 2.05) is 36.1 Å². The molecule has 0 atom stereocenters. The van der Waals surface area contributed by atoms with Crippen molar-refractivity contribution in [2.45, 2.75) is 33.2 Å². The molecule has 0 unspecified atom stereocenters. The van der Waals surface area contributed by atoms with Crippen LogP contribution in [0.25, 0.3) is 17.0 Å². The van der Waals surface area contributed by atoms with Crippen molar-refractivity contribution in [2.24, 2.45) is 0 Å². The summed E-state index contributed by atoms with van der Waals surface area (Å²) in [5, 5.41) is 1.12. The van der Waals surface area contributed by atoms with Gasteiger partial charge in [-0.15, -0.1) is 0 Å². The zero-order valence-electron chi connectivity index (χ0n) is 23.3. The third kappa shape index (κ3) is 7.03. The van der Waals surface area contributed by atoms with Crippen LogP contribution < -0.4 is 4.74 Å². The molecule has 4 rings (SSSR count). The molecule has 1 fully saturated rings. The van der Waals surface area contributed by atoms with Crippen LogP contribution in [0.5, 0.6) is 5.75 Å². The Balaban J connectivity index is 1.41. The van der Waals surface area contributed by atoms with Crippen molar-refractivity contribution in [2.75, 3.05) is 60.0 Å². The van der Waals surface area contributed by atoms with E-state index in [2.05, 4.69) is 47.5 Å². The number of rotatable bonds is 11. The van der Waals surface area contributed by atoms with Crippen molar-refractivity contribution in [1.29, 1.82) is 0 Å². The smallest absolute Gasteiger partial charge is 0.246 e. The van der Waals surface area contributed by atoms with E-state index >= 15 is 0 Å². The first-order chi connectivity index (χ1) is 18.4. The molecular formula is C31H41FN4O2. The number of halogens is 1. The van der Waals surface area contributed by atoms with Crippen molar-refractivity contribution >= 4 is 22.9 Å². The second-order valence-corrected chi connectivity index (χ2v) is 10.3. The fraction of sp³-hybridized carbons (Fsp3) is 0.452. The summed E-state index contributed by atoms with van der Waals surface area (Å²) >= 11 is 0. The number of piperazine rings is 1. The lowest BCUT2D eigenvalue weighted by molar-refractivity contribution is -0.127. The van der Waals surface area contributed by atoms with Gasteiger partial charge in [0.05, 0.1) is 6.61 Å². The highest BCUT2D eigenvalue weighted by molar-refractivity contribution is 5.98. The Morgan fingerprint density at radius 1 is 1.05 bits per heavy atom. The SMILES string of the molecule is CCOc1ccc2c(c1)c(C=CC(=O)N1CCN(CCc3ccc(F)cc3)CC1)c(C)n2CCCN(C)C. The molecule has 1 amide bonds. The Morgan fingerprint density at radius 2 is 1.79 bits per heavy atom. The van der Waals surface area contributed by atoms with Gasteiger partial charge in [-0.3, -0.25) is 9.69 Å². The lowest BCUT2D eigenvalue weighted by atomic mass is 10.1. The van der Waals surface area contributed by atoms with E-state index in [1.54, 1.807) is 6.08 Å².